The lowest BCUT2D eigenvalue weighted by atomic mass is 9.88. The predicted octanol–water partition coefficient (Wildman–Crippen LogP) is 4.90. The molecule has 2 unspecified atom stereocenters. The highest BCUT2D eigenvalue weighted by Gasteiger charge is 2.40. The standard InChI is InChI=1S/C24H19ClFNO4/c1-27-23(28)21-18-12-15(14-5-9-19(25)17(11-14)24(29)30-2)6-10-20(18)31-22(21)13-3-7-16(26)8-4-13/h3-12,21-22H,1-2H3,(H,27,28). The zero-order chi connectivity index (χ0) is 22.1. The van der Waals surface area contributed by atoms with Crippen molar-refractivity contribution < 1.29 is 23.5 Å². The van der Waals surface area contributed by atoms with Gasteiger partial charge < -0.3 is 14.8 Å². The fraction of sp³-hybridized carbons (Fsp3) is 0.167. The van der Waals surface area contributed by atoms with E-state index < -0.39 is 18.0 Å². The molecule has 0 saturated heterocycles. The molecular weight excluding hydrogens is 421 g/mol. The van der Waals surface area contributed by atoms with Crippen LogP contribution in [0.5, 0.6) is 5.75 Å². The summed E-state index contributed by atoms with van der Waals surface area (Å²) >= 11 is 6.13. The topological polar surface area (TPSA) is 64.6 Å². The number of likely N-dealkylation sites (N-methyl/N-ethyl adjacent to an activating group) is 1. The van der Waals surface area contributed by atoms with Crippen LogP contribution < -0.4 is 10.1 Å². The van der Waals surface area contributed by atoms with Gasteiger partial charge in [-0.05, 0) is 53.1 Å². The number of hydrogen-bond acceptors (Lipinski definition) is 4. The third-order valence-corrected chi connectivity index (χ3v) is 5.66. The second-order valence-corrected chi connectivity index (χ2v) is 7.53. The van der Waals surface area contributed by atoms with Crippen molar-refractivity contribution in [3.05, 3.63) is 88.2 Å². The number of rotatable bonds is 4. The molecule has 0 saturated carbocycles. The van der Waals surface area contributed by atoms with Crippen LogP contribution in [0.4, 0.5) is 4.39 Å². The van der Waals surface area contributed by atoms with Crippen LogP contribution in [-0.2, 0) is 9.53 Å². The monoisotopic (exact) mass is 439 g/mol. The fourth-order valence-electron chi connectivity index (χ4n) is 3.76. The van der Waals surface area contributed by atoms with Crippen molar-refractivity contribution in [3.8, 4) is 16.9 Å². The van der Waals surface area contributed by atoms with Crippen molar-refractivity contribution in [2.75, 3.05) is 14.2 Å². The highest BCUT2D eigenvalue weighted by Crippen LogP contribution is 2.47. The molecule has 0 aromatic heterocycles. The Morgan fingerprint density at radius 2 is 1.71 bits per heavy atom. The third kappa shape index (κ3) is 3.86. The van der Waals surface area contributed by atoms with Gasteiger partial charge in [-0.25, -0.2) is 9.18 Å². The maximum atomic E-state index is 13.4. The minimum atomic E-state index is -0.613. The second-order valence-electron chi connectivity index (χ2n) is 7.12. The van der Waals surface area contributed by atoms with Gasteiger partial charge in [-0.1, -0.05) is 35.9 Å². The van der Waals surface area contributed by atoms with Crippen molar-refractivity contribution in [1.29, 1.82) is 0 Å². The zero-order valence-electron chi connectivity index (χ0n) is 16.8. The van der Waals surface area contributed by atoms with Crippen LogP contribution in [0, 0.1) is 5.82 Å². The molecule has 1 N–H and O–H groups in total. The first-order valence-electron chi connectivity index (χ1n) is 9.59. The Labute approximate surface area is 183 Å². The van der Waals surface area contributed by atoms with Crippen LogP contribution in [0.2, 0.25) is 5.02 Å². The number of hydrogen-bond donors (Lipinski definition) is 1. The molecule has 4 rings (SSSR count). The molecule has 0 radical (unpaired) electrons. The van der Waals surface area contributed by atoms with E-state index in [4.69, 9.17) is 21.1 Å². The Morgan fingerprint density at radius 3 is 2.39 bits per heavy atom. The summed E-state index contributed by atoms with van der Waals surface area (Å²) in [6.07, 6.45) is -0.582. The molecule has 1 heterocycles. The molecule has 31 heavy (non-hydrogen) atoms. The largest absolute Gasteiger partial charge is 0.484 e. The van der Waals surface area contributed by atoms with Crippen molar-refractivity contribution in [3.63, 3.8) is 0 Å². The van der Waals surface area contributed by atoms with E-state index in [-0.39, 0.29) is 17.3 Å². The zero-order valence-corrected chi connectivity index (χ0v) is 17.6. The third-order valence-electron chi connectivity index (χ3n) is 5.33. The molecule has 1 amide bonds. The molecule has 3 aromatic carbocycles. The first kappa shape index (κ1) is 20.9. The van der Waals surface area contributed by atoms with Gasteiger partial charge in [0.2, 0.25) is 5.91 Å². The number of benzene rings is 3. The van der Waals surface area contributed by atoms with Crippen LogP contribution in [0.1, 0.15) is 33.5 Å². The number of carbonyl (C=O) groups is 2. The molecule has 0 spiro atoms. The molecule has 158 valence electrons. The van der Waals surface area contributed by atoms with Gasteiger partial charge in [0.25, 0.3) is 0 Å². The van der Waals surface area contributed by atoms with Gasteiger partial charge in [0.1, 0.15) is 23.6 Å². The second kappa shape index (κ2) is 8.40. The summed E-state index contributed by atoms with van der Waals surface area (Å²) in [7, 11) is 2.86. The van der Waals surface area contributed by atoms with Gasteiger partial charge in [-0.15, -0.1) is 0 Å². The normalized spacial score (nSPS) is 16.9. The quantitative estimate of drug-likeness (QED) is 0.587. The van der Waals surface area contributed by atoms with Gasteiger partial charge in [0.15, 0.2) is 0 Å². The number of nitrogens with one attached hydrogen (secondary N) is 1. The molecule has 1 aliphatic rings. The molecule has 0 fully saturated rings. The summed E-state index contributed by atoms with van der Waals surface area (Å²) < 4.78 is 24.3. The summed E-state index contributed by atoms with van der Waals surface area (Å²) in [6.45, 7) is 0. The van der Waals surface area contributed by atoms with E-state index in [1.807, 2.05) is 12.1 Å². The summed E-state index contributed by atoms with van der Waals surface area (Å²) in [5.41, 5.74) is 3.20. The Hall–Kier alpha value is -3.38. The number of amides is 1. The predicted molar refractivity (Wildman–Crippen MR) is 115 cm³/mol. The maximum absolute atomic E-state index is 13.4. The van der Waals surface area contributed by atoms with E-state index in [9.17, 15) is 14.0 Å². The van der Waals surface area contributed by atoms with Crippen molar-refractivity contribution in [2.45, 2.75) is 12.0 Å². The van der Waals surface area contributed by atoms with Crippen LogP contribution in [-0.4, -0.2) is 26.0 Å². The first-order valence-corrected chi connectivity index (χ1v) is 9.96. The van der Waals surface area contributed by atoms with E-state index in [0.717, 1.165) is 11.1 Å². The van der Waals surface area contributed by atoms with Crippen LogP contribution >= 0.6 is 11.6 Å². The van der Waals surface area contributed by atoms with E-state index >= 15 is 0 Å². The lowest BCUT2D eigenvalue weighted by Crippen LogP contribution is -2.28. The van der Waals surface area contributed by atoms with E-state index in [2.05, 4.69) is 5.32 Å². The summed E-state index contributed by atoms with van der Waals surface area (Å²) in [6, 6.07) is 16.5. The number of esters is 1. The summed E-state index contributed by atoms with van der Waals surface area (Å²) in [4.78, 5) is 24.8. The Morgan fingerprint density at radius 1 is 1.03 bits per heavy atom. The van der Waals surface area contributed by atoms with Gasteiger partial charge >= 0.3 is 5.97 Å². The molecule has 7 heteroatoms. The average molecular weight is 440 g/mol. The Balaban J connectivity index is 1.77. The minimum absolute atomic E-state index is 0.211. The number of fused-ring (bicyclic) bond motifs is 1. The fourth-order valence-corrected chi connectivity index (χ4v) is 3.96. The minimum Gasteiger partial charge on any atom is -0.484 e. The number of halogens is 2. The van der Waals surface area contributed by atoms with Gasteiger partial charge in [0.05, 0.1) is 17.7 Å². The molecule has 5 nitrogen and oxygen atoms in total. The van der Waals surface area contributed by atoms with Crippen LogP contribution in [0.15, 0.2) is 60.7 Å². The SMILES string of the molecule is CNC(=O)C1c2cc(-c3ccc(Cl)c(C(=O)OC)c3)ccc2OC1c1ccc(F)cc1. The van der Waals surface area contributed by atoms with Gasteiger partial charge in [0, 0.05) is 12.6 Å². The first-order chi connectivity index (χ1) is 14.9. The lowest BCUT2D eigenvalue weighted by molar-refractivity contribution is -0.123. The van der Waals surface area contributed by atoms with Crippen molar-refractivity contribution in [1.82, 2.24) is 5.32 Å². The smallest absolute Gasteiger partial charge is 0.339 e. The highest BCUT2D eigenvalue weighted by molar-refractivity contribution is 6.33. The highest BCUT2D eigenvalue weighted by atomic mass is 35.5. The van der Waals surface area contributed by atoms with Crippen LogP contribution in [0.25, 0.3) is 11.1 Å². The molecular formula is C24H19ClFNO4. The van der Waals surface area contributed by atoms with Gasteiger partial charge in [-0.3, -0.25) is 4.79 Å². The average Bonchev–Trinajstić information content (AvgIpc) is 3.17. The number of methoxy groups -OCH3 is 1. The van der Waals surface area contributed by atoms with E-state index in [0.29, 0.717) is 21.9 Å². The Kier molecular flexibility index (Phi) is 5.65. The lowest BCUT2D eigenvalue weighted by Gasteiger charge is -2.18. The van der Waals surface area contributed by atoms with E-state index in [1.54, 1.807) is 43.4 Å². The number of carbonyl (C=O) groups excluding carboxylic acids is 2. The molecule has 0 bridgehead atoms. The number of ether oxygens (including phenoxy) is 2. The maximum Gasteiger partial charge on any atom is 0.339 e. The van der Waals surface area contributed by atoms with Crippen molar-refractivity contribution in [2.24, 2.45) is 0 Å². The van der Waals surface area contributed by atoms with Gasteiger partial charge in [-0.2, -0.15) is 0 Å². The molecule has 3 aromatic rings. The molecule has 2 atom stereocenters. The molecule has 1 aliphatic heterocycles. The van der Waals surface area contributed by atoms with Crippen LogP contribution in [0.3, 0.4) is 0 Å². The van der Waals surface area contributed by atoms with E-state index in [1.165, 1.54) is 19.2 Å². The molecule has 0 aliphatic carbocycles. The summed E-state index contributed by atoms with van der Waals surface area (Å²) in [5, 5.41) is 2.98. The van der Waals surface area contributed by atoms with Crippen molar-refractivity contribution >= 4 is 23.5 Å². The Bertz CT molecular complexity index is 1160. The summed E-state index contributed by atoms with van der Waals surface area (Å²) in [5.74, 6) is -1.14.